The predicted octanol–water partition coefficient (Wildman–Crippen LogP) is 2.06. The lowest BCUT2D eigenvalue weighted by atomic mass is 10.4. The second-order valence-electron chi connectivity index (χ2n) is 4.56. The SMILES string of the molecule is CC1CS(=O)(=O)CCN1S(=O)(=O)c1cc(CCl)sc1Br. The first kappa shape index (κ1) is 16.7. The van der Waals surface area contributed by atoms with Crippen molar-refractivity contribution >= 4 is 58.7 Å². The van der Waals surface area contributed by atoms with Crippen molar-refractivity contribution < 1.29 is 16.8 Å². The van der Waals surface area contributed by atoms with Gasteiger partial charge in [0.1, 0.15) is 4.90 Å². The van der Waals surface area contributed by atoms with Gasteiger partial charge in [-0.1, -0.05) is 0 Å². The fourth-order valence-electron chi connectivity index (χ4n) is 2.11. The first-order valence-corrected chi connectivity index (χ1v) is 11.1. The second-order valence-corrected chi connectivity index (χ2v) is 11.4. The maximum Gasteiger partial charge on any atom is 0.245 e. The standard InChI is InChI=1S/C10H13BrClNO4S3/c1-7-6-19(14,15)3-2-13(7)20(16,17)9-4-8(5-12)18-10(9)11/h4,7H,2-3,5-6H2,1H3. The lowest BCUT2D eigenvalue weighted by Crippen LogP contribution is -2.49. The number of halogens is 2. The number of hydrogen-bond donors (Lipinski definition) is 0. The predicted molar refractivity (Wildman–Crippen MR) is 83.6 cm³/mol. The minimum Gasteiger partial charge on any atom is -0.229 e. The Balaban J connectivity index is 2.38. The van der Waals surface area contributed by atoms with Crippen LogP contribution in [0.25, 0.3) is 0 Å². The van der Waals surface area contributed by atoms with Gasteiger partial charge in [-0.2, -0.15) is 4.31 Å². The van der Waals surface area contributed by atoms with Crippen LogP contribution in [-0.2, 0) is 25.7 Å². The van der Waals surface area contributed by atoms with E-state index in [1.165, 1.54) is 21.7 Å². The summed E-state index contributed by atoms with van der Waals surface area (Å²) < 4.78 is 50.1. The smallest absolute Gasteiger partial charge is 0.229 e. The summed E-state index contributed by atoms with van der Waals surface area (Å²) in [6.45, 7) is 1.60. The van der Waals surface area contributed by atoms with Gasteiger partial charge >= 0.3 is 0 Å². The zero-order valence-corrected chi connectivity index (χ0v) is 15.3. The molecule has 10 heteroatoms. The molecule has 1 unspecified atom stereocenters. The van der Waals surface area contributed by atoms with E-state index in [1.54, 1.807) is 6.92 Å². The zero-order valence-electron chi connectivity index (χ0n) is 10.5. The van der Waals surface area contributed by atoms with Gasteiger partial charge < -0.3 is 0 Å². The van der Waals surface area contributed by atoms with Gasteiger partial charge in [0.25, 0.3) is 0 Å². The molecule has 1 aromatic heterocycles. The van der Waals surface area contributed by atoms with E-state index in [2.05, 4.69) is 15.9 Å². The van der Waals surface area contributed by atoms with Crippen LogP contribution in [0.2, 0.25) is 0 Å². The third kappa shape index (κ3) is 3.22. The summed E-state index contributed by atoms with van der Waals surface area (Å²) in [4.78, 5) is 0.902. The Kier molecular flexibility index (Phi) is 4.88. The maximum absolute atomic E-state index is 12.6. The highest BCUT2D eigenvalue weighted by atomic mass is 79.9. The van der Waals surface area contributed by atoms with Crippen LogP contribution in [0.5, 0.6) is 0 Å². The van der Waals surface area contributed by atoms with Crippen LogP contribution in [0, 0.1) is 0 Å². The molecule has 0 radical (unpaired) electrons. The molecule has 0 amide bonds. The highest BCUT2D eigenvalue weighted by Gasteiger charge is 2.37. The zero-order chi connectivity index (χ0) is 15.1. The van der Waals surface area contributed by atoms with Crippen LogP contribution in [-0.4, -0.2) is 45.2 Å². The van der Waals surface area contributed by atoms with Crippen molar-refractivity contribution in [2.45, 2.75) is 23.7 Å². The molecule has 0 aromatic carbocycles. The van der Waals surface area contributed by atoms with Crippen molar-refractivity contribution in [2.24, 2.45) is 0 Å². The molecule has 1 aliphatic heterocycles. The third-order valence-electron chi connectivity index (χ3n) is 3.03. The van der Waals surface area contributed by atoms with Crippen molar-refractivity contribution in [1.29, 1.82) is 0 Å². The Morgan fingerprint density at radius 3 is 2.70 bits per heavy atom. The molecule has 1 atom stereocenters. The molecule has 0 aliphatic carbocycles. The quantitative estimate of drug-likeness (QED) is 0.699. The van der Waals surface area contributed by atoms with Crippen LogP contribution in [0.1, 0.15) is 11.8 Å². The van der Waals surface area contributed by atoms with Crippen LogP contribution in [0.15, 0.2) is 14.7 Å². The average Bonchev–Trinajstić information content (AvgIpc) is 2.69. The van der Waals surface area contributed by atoms with E-state index < -0.39 is 25.9 Å². The minimum absolute atomic E-state index is 0.00959. The summed E-state index contributed by atoms with van der Waals surface area (Å²) >= 11 is 10.2. The summed E-state index contributed by atoms with van der Waals surface area (Å²) in [5.41, 5.74) is 0. The Hall–Kier alpha value is 0.330. The van der Waals surface area contributed by atoms with E-state index in [0.29, 0.717) is 3.79 Å². The van der Waals surface area contributed by atoms with Crippen molar-refractivity contribution in [1.82, 2.24) is 4.31 Å². The first-order valence-electron chi connectivity index (χ1n) is 5.74. The number of nitrogens with zero attached hydrogens (tertiary/aromatic N) is 1. The van der Waals surface area contributed by atoms with Crippen LogP contribution < -0.4 is 0 Å². The molecule has 5 nitrogen and oxygen atoms in total. The van der Waals surface area contributed by atoms with Gasteiger partial charge in [0.2, 0.25) is 10.0 Å². The van der Waals surface area contributed by atoms with Gasteiger partial charge in [0, 0.05) is 17.5 Å². The summed E-state index contributed by atoms with van der Waals surface area (Å²) in [6.07, 6.45) is 0. The second kappa shape index (κ2) is 5.85. The van der Waals surface area contributed by atoms with Gasteiger partial charge in [-0.25, -0.2) is 16.8 Å². The number of sulfone groups is 1. The van der Waals surface area contributed by atoms with Gasteiger partial charge in [-0.3, -0.25) is 0 Å². The molecule has 1 fully saturated rings. The number of sulfonamides is 1. The highest BCUT2D eigenvalue weighted by Crippen LogP contribution is 2.35. The topological polar surface area (TPSA) is 71.5 Å². The molecule has 114 valence electrons. The van der Waals surface area contributed by atoms with E-state index in [4.69, 9.17) is 11.6 Å². The molecular weight excluding hydrogens is 410 g/mol. The minimum atomic E-state index is -3.71. The van der Waals surface area contributed by atoms with Crippen molar-refractivity contribution in [3.05, 3.63) is 14.7 Å². The Morgan fingerprint density at radius 2 is 2.20 bits per heavy atom. The number of alkyl halides is 1. The molecule has 1 saturated heterocycles. The number of thiophene rings is 1. The van der Waals surface area contributed by atoms with E-state index in [-0.39, 0.29) is 28.8 Å². The fraction of sp³-hybridized carbons (Fsp3) is 0.600. The summed E-state index contributed by atoms with van der Waals surface area (Å²) in [5, 5.41) is 0. The molecular formula is C10H13BrClNO4S3. The first-order chi connectivity index (χ1) is 9.17. The van der Waals surface area contributed by atoms with Gasteiger partial charge in [-0.05, 0) is 28.9 Å². The fourth-order valence-corrected chi connectivity index (χ4v) is 8.23. The van der Waals surface area contributed by atoms with Crippen LogP contribution in [0.3, 0.4) is 0 Å². The molecule has 0 bridgehead atoms. The number of rotatable bonds is 3. The van der Waals surface area contributed by atoms with Gasteiger partial charge in [0.15, 0.2) is 9.84 Å². The van der Waals surface area contributed by atoms with Crippen molar-refractivity contribution in [3.8, 4) is 0 Å². The number of hydrogen-bond acceptors (Lipinski definition) is 5. The van der Waals surface area contributed by atoms with E-state index in [1.807, 2.05) is 0 Å². The Bertz CT molecular complexity index is 713. The largest absolute Gasteiger partial charge is 0.245 e. The maximum atomic E-state index is 12.6. The lowest BCUT2D eigenvalue weighted by Gasteiger charge is -2.31. The molecule has 0 spiro atoms. The van der Waals surface area contributed by atoms with Crippen LogP contribution in [0.4, 0.5) is 0 Å². The van der Waals surface area contributed by atoms with E-state index >= 15 is 0 Å². The molecule has 0 N–H and O–H groups in total. The molecule has 2 heterocycles. The van der Waals surface area contributed by atoms with Crippen molar-refractivity contribution in [3.63, 3.8) is 0 Å². The average molecular weight is 423 g/mol. The Labute approximate surface area is 136 Å². The molecule has 1 aliphatic rings. The Morgan fingerprint density at radius 1 is 1.55 bits per heavy atom. The highest BCUT2D eigenvalue weighted by molar-refractivity contribution is 9.11. The molecule has 20 heavy (non-hydrogen) atoms. The van der Waals surface area contributed by atoms with Gasteiger partial charge in [-0.15, -0.1) is 22.9 Å². The normalized spacial score (nSPS) is 23.9. The van der Waals surface area contributed by atoms with Crippen LogP contribution >= 0.6 is 38.9 Å². The lowest BCUT2D eigenvalue weighted by molar-refractivity contribution is 0.357. The van der Waals surface area contributed by atoms with Crippen molar-refractivity contribution in [2.75, 3.05) is 18.1 Å². The third-order valence-corrected chi connectivity index (χ3v) is 9.54. The molecule has 0 saturated carbocycles. The van der Waals surface area contributed by atoms with E-state index in [0.717, 1.165) is 4.88 Å². The molecule has 2 rings (SSSR count). The summed E-state index contributed by atoms with van der Waals surface area (Å²) in [7, 11) is -6.86. The van der Waals surface area contributed by atoms with Gasteiger partial charge in [0.05, 0.1) is 21.2 Å². The summed E-state index contributed by atoms with van der Waals surface area (Å²) in [6, 6.07) is 0.970. The molecule has 1 aromatic rings. The summed E-state index contributed by atoms with van der Waals surface area (Å²) in [5.74, 6) is -0.0419. The monoisotopic (exact) mass is 421 g/mol. The van der Waals surface area contributed by atoms with E-state index in [9.17, 15) is 16.8 Å².